The van der Waals surface area contributed by atoms with E-state index >= 15 is 0 Å². The summed E-state index contributed by atoms with van der Waals surface area (Å²) in [6, 6.07) is 6.04. The number of ketones is 1. The molecular weight excluding hydrogens is 228 g/mol. The third-order valence-corrected chi connectivity index (χ3v) is 4.60. The molecule has 0 saturated heterocycles. The Morgan fingerprint density at radius 1 is 1.24 bits per heavy atom. The second kappa shape index (κ2) is 6.25. The molecule has 0 radical (unpaired) electrons. The average Bonchev–Trinajstić information content (AvgIpc) is 2.25. The predicted octanol–water partition coefficient (Wildman–Crippen LogP) is 4.26. The number of hydrogen-bond donors (Lipinski definition) is 0. The van der Waals surface area contributed by atoms with Gasteiger partial charge in [0.2, 0.25) is 0 Å². The molecule has 0 saturated carbocycles. The van der Waals surface area contributed by atoms with E-state index in [1.54, 1.807) is 11.8 Å². The minimum absolute atomic E-state index is 0.250. The maximum Gasteiger partial charge on any atom is 0.172 e. The summed E-state index contributed by atoms with van der Waals surface area (Å²) in [7, 11) is 0. The highest BCUT2D eigenvalue weighted by Gasteiger charge is 2.13. The number of aryl methyl sites for hydroxylation is 2. The van der Waals surface area contributed by atoms with Crippen LogP contribution >= 0.6 is 11.8 Å². The molecule has 1 unspecified atom stereocenters. The molecular formula is C15H22OS. The lowest BCUT2D eigenvalue weighted by atomic mass is 10.0. The first-order valence-corrected chi connectivity index (χ1v) is 7.18. The van der Waals surface area contributed by atoms with Gasteiger partial charge in [-0.3, -0.25) is 4.79 Å². The van der Waals surface area contributed by atoms with Crippen molar-refractivity contribution in [2.24, 2.45) is 5.92 Å². The van der Waals surface area contributed by atoms with Gasteiger partial charge in [0.25, 0.3) is 0 Å². The van der Waals surface area contributed by atoms with Gasteiger partial charge in [-0.25, -0.2) is 0 Å². The number of hydrogen-bond acceptors (Lipinski definition) is 2. The zero-order valence-corrected chi connectivity index (χ0v) is 12.2. The molecule has 0 amide bonds. The van der Waals surface area contributed by atoms with Crippen molar-refractivity contribution in [3.8, 4) is 0 Å². The number of carbonyl (C=O) groups excluding carboxylic acids is 1. The Balaban J connectivity index is 2.64. The summed E-state index contributed by atoms with van der Waals surface area (Å²) in [4.78, 5) is 12.1. The Morgan fingerprint density at radius 3 is 2.41 bits per heavy atom. The lowest BCUT2D eigenvalue weighted by molar-refractivity contribution is 0.102. The number of rotatable bonds is 5. The second-order valence-electron chi connectivity index (χ2n) is 5.00. The Morgan fingerprint density at radius 2 is 1.88 bits per heavy atom. The molecule has 17 heavy (non-hydrogen) atoms. The van der Waals surface area contributed by atoms with Crippen LogP contribution in [0.25, 0.3) is 0 Å². The lowest BCUT2D eigenvalue weighted by Gasteiger charge is -2.14. The fourth-order valence-corrected chi connectivity index (χ4v) is 2.56. The molecule has 94 valence electrons. The largest absolute Gasteiger partial charge is 0.293 e. The SMILES string of the molecule is Cc1ccc(C(=O)CSC(C)C(C)C)c(C)c1. The lowest BCUT2D eigenvalue weighted by Crippen LogP contribution is -2.12. The van der Waals surface area contributed by atoms with Crippen LogP contribution in [0, 0.1) is 19.8 Å². The van der Waals surface area contributed by atoms with Crippen molar-refractivity contribution < 1.29 is 4.79 Å². The van der Waals surface area contributed by atoms with Crippen molar-refractivity contribution in [3.63, 3.8) is 0 Å². The molecule has 1 atom stereocenters. The number of benzene rings is 1. The van der Waals surface area contributed by atoms with E-state index in [-0.39, 0.29) is 5.78 Å². The Bertz CT molecular complexity index is 396. The molecule has 0 aliphatic rings. The van der Waals surface area contributed by atoms with Crippen LogP contribution in [0.15, 0.2) is 18.2 Å². The fraction of sp³-hybridized carbons (Fsp3) is 0.533. The van der Waals surface area contributed by atoms with Crippen LogP contribution in [-0.2, 0) is 0 Å². The van der Waals surface area contributed by atoms with Crippen LogP contribution in [0.5, 0.6) is 0 Å². The summed E-state index contributed by atoms with van der Waals surface area (Å²) in [6.07, 6.45) is 0. The van der Waals surface area contributed by atoms with Crippen LogP contribution < -0.4 is 0 Å². The quantitative estimate of drug-likeness (QED) is 0.726. The summed E-state index contributed by atoms with van der Waals surface area (Å²) in [6.45, 7) is 10.6. The fourth-order valence-electron chi connectivity index (χ4n) is 1.60. The van der Waals surface area contributed by atoms with Crippen molar-refractivity contribution in [2.45, 2.75) is 39.9 Å². The third kappa shape index (κ3) is 4.19. The third-order valence-electron chi connectivity index (χ3n) is 3.10. The van der Waals surface area contributed by atoms with E-state index in [1.165, 1.54) is 5.56 Å². The normalized spacial score (nSPS) is 12.8. The van der Waals surface area contributed by atoms with E-state index in [1.807, 2.05) is 19.1 Å². The van der Waals surface area contributed by atoms with E-state index in [2.05, 4.69) is 33.8 Å². The molecule has 1 nitrogen and oxygen atoms in total. The molecule has 0 N–H and O–H groups in total. The highest BCUT2D eigenvalue weighted by atomic mass is 32.2. The Kier molecular flexibility index (Phi) is 5.26. The molecule has 0 spiro atoms. The van der Waals surface area contributed by atoms with Crippen LogP contribution in [0.3, 0.4) is 0 Å². The number of Topliss-reactive ketones (excluding diaryl/α,β-unsaturated/α-hetero) is 1. The smallest absolute Gasteiger partial charge is 0.172 e. The zero-order valence-electron chi connectivity index (χ0n) is 11.4. The van der Waals surface area contributed by atoms with Gasteiger partial charge in [0, 0.05) is 10.8 Å². The minimum atomic E-state index is 0.250. The maximum absolute atomic E-state index is 12.1. The molecule has 0 aromatic heterocycles. The van der Waals surface area contributed by atoms with Gasteiger partial charge in [-0.2, -0.15) is 11.8 Å². The van der Waals surface area contributed by atoms with Crippen LogP contribution in [0.1, 0.15) is 42.3 Å². The summed E-state index contributed by atoms with van der Waals surface area (Å²) >= 11 is 1.75. The van der Waals surface area contributed by atoms with Crippen molar-refractivity contribution in [1.82, 2.24) is 0 Å². The second-order valence-corrected chi connectivity index (χ2v) is 6.37. The average molecular weight is 250 g/mol. The van der Waals surface area contributed by atoms with Crippen molar-refractivity contribution in [1.29, 1.82) is 0 Å². The minimum Gasteiger partial charge on any atom is -0.293 e. The topological polar surface area (TPSA) is 17.1 Å². The molecule has 2 heteroatoms. The molecule has 0 fully saturated rings. The summed E-state index contributed by atoms with van der Waals surface area (Å²) in [5.41, 5.74) is 3.18. The van der Waals surface area contributed by atoms with Gasteiger partial charge in [0.15, 0.2) is 5.78 Å². The summed E-state index contributed by atoms with van der Waals surface area (Å²) < 4.78 is 0. The van der Waals surface area contributed by atoms with Gasteiger partial charge >= 0.3 is 0 Å². The van der Waals surface area contributed by atoms with Crippen LogP contribution in [0.2, 0.25) is 0 Å². The van der Waals surface area contributed by atoms with Crippen LogP contribution in [-0.4, -0.2) is 16.8 Å². The maximum atomic E-state index is 12.1. The highest BCUT2D eigenvalue weighted by Crippen LogP contribution is 2.21. The number of thioether (sulfide) groups is 1. The zero-order chi connectivity index (χ0) is 13.0. The first-order valence-electron chi connectivity index (χ1n) is 6.14. The van der Waals surface area contributed by atoms with Gasteiger partial charge in [-0.1, -0.05) is 44.5 Å². The van der Waals surface area contributed by atoms with Gasteiger partial charge in [0.05, 0.1) is 5.75 Å². The van der Waals surface area contributed by atoms with Gasteiger partial charge in [-0.15, -0.1) is 0 Å². The van der Waals surface area contributed by atoms with E-state index in [4.69, 9.17) is 0 Å². The highest BCUT2D eigenvalue weighted by molar-refractivity contribution is 8.00. The molecule has 0 bridgehead atoms. The van der Waals surface area contributed by atoms with E-state index in [0.29, 0.717) is 16.9 Å². The molecule has 1 rings (SSSR count). The van der Waals surface area contributed by atoms with Crippen molar-refractivity contribution >= 4 is 17.5 Å². The Labute approximate surface area is 109 Å². The van der Waals surface area contributed by atoms with Gasteiger partial charge < -0.3 is 0 Å². The summed E-state index contributed by atoms with van der Waals surface area (Å²) in [5, 5.41) is 0.532. The number of carbonyl (C=O) groups is 1. The monoisotopic (exact) mass is 250 g/mol. The Hall–Kier alpha value is -0.760. The van der Waals surface area contributed by atoms with Crippen molar-refractivity contribution in [3.05, 3.63) is 34.9 Å². The molecule has 1 aromatic rings. The molecule has 0 aliphatic carbocycles. The van der Waals surface area contributed by atoms with E-state index in [0.717, 1.165) is 11.1 Å². The van der Waals surface area contributed by atoms with Crippen LogP contribution in [0.4, 0.5) is 0 Å². The predicted molar refractivity (Wildman–Crippen MR) is 77.0 cm³/mol. The van der Waals surface area contributed by atoms with Gasteiger partial charge in [0.1, 0.15) is 0 Å². The first-order chi connectivity index (χ1) is 7.91. The molecule has 0 heterocycles. The van der Waals surface area contributed by atoms with E-state index < -0.39 is 0 Å². The standard InChI is InChI=1S/C15H22OS/c1-10(2)13(5)17-9-15(16)14-7-6-11(3)8-12(14)4/h6-8,10,13H,9H2,1-5H3. The molecule has 1 aromatic carbocycles. The molecule has 0 aliphatic heterocycles. The first kappa shape index (κ1) is 14.3. The van der Waals surface area contributed by atoms with Crippen molar-refractivity contribution in [2.75, 3.05) is 5.75 Å². The van der Waals surface area contributed by atoms with Gasteiger partial charge in [-0.05, 0) is 25.3 Å². The van der Waals surface area contributed by atoms with E-state index in [9.17, 15) is 4.79 Å². The summed E-state index contributed by atoms with van der Waals surface area (Å²) in [5.74, 6) is 1.45.